The Morgan fingerprint density at radius 2 is 1.88 bits per heavy atom. The Morgan fingerprint density at radius 1 is 1.23 bits per heavy atom. The molecule has 0 bridgehead atoms. The summed E-state index contributed by atoms with van der Waals surface area (Å²) in [7, 11) is -3.03. The van der Waals surface area contributed by atoms with Gasteiger partial charge in [0.25, 0.3) is 0 Å². The summed E-state index contributed by atoms with van der Waals surface area (Å²) in [6, 6.07) is 0. The lowest BCUT2D eigenvalue weighted by Gasteiger charge is -2.27. The molecule has 2 aromatic heterocycles. The zero-order valence-electron chi connectivity index (χ0n) is 15.7. The highest BCUT2D eigenvalue weighted by Gasteiger charge is 2.28. The topological polar surface area (TPSA) is 105 Å². The molecule has 10 heteroatoms. The first kappa shape index (κ1) is 21.1. The number of imidazole rings is 1. The van der Waals surface area contributed by atoms with Gasteiger partial charge in [0.1, 0.15) is 5.52 Å². The van der Waals surface area contributed by atoms with Gasteiger partial charge in [0, 0.05) is 6.54 Å². The maximum absolute atomic E-state index is 12.6. The number of nitrogens with two attached hydrogens (primary N) is 1. The number of fused-ring (bicyclic) bond motifs is 1. The van der Waals surface area contributed by atoms with Crippen LogP contribution in [0.4, 0.5) is 5.95 Å². The quantitative estimate of drug-likeness (QED) is 0.469. The number of aryl methyl sites for hydroxylation is 1. The second kappa shape index (κ2) is 8.65. The van der Waals surface area contributed by atoms with Crippen molar-refractivity contribution in [1.29, 1.82) is 0 Å². The van der Waals surface area contributed by atoms with Gasteiger partial charge in [-0.05, 0) is 32.1 Å². The number of halogens is 1. The fourth-order valence-corrected chi connectivity index (χ4v) is 4.86. The minimum absolute atomic E-state index is 0.0666. The Labute approximate surface area is 159 Å². The van der Waals surface area contributed by atoms with E-state index in [1.54, 1.807) is 6.33 Å². The molecule has 0 saturated carbocycles. The number of anilines is 1. The lowest BCUT2D eigenvalue weighted by molar-refractivity contribution is 0.211. The average Bonchev–Trinajstić information content (AvgIpc) is 2.95. The van der Waals surface area contributed by atoms with Crippen molar-refractivity contribution >= 4 is 36.3 Å². The van der Waals surface area contributed by atoms with Crippen LogP contribution in [0.1, 0.15) is 40.5 Å². The largest absolute Gasteiger partial charge is 0.368 e. The van der Waals surface area contributed by atoms with Gasteiger partial charge in [-0.25, -0.2) is 4.98 Å². The van der Waals surface area contributed by atoms with Crippen LogP contribution in [0.15, 0.2) is 6.33 Å². The van der Waals surface area contributed by atoms with Gasteiger partial charge in [-0.2, -0.15) is 9.97 Å². The maximum atomic E-state index is 12.6. The molecule has 2 aromatic rings. The molecule has 8 nitrogen and oxygen atoms in total. The van der Waals surface area contributed by atoms with Crippen molar-refractivity contribution in [3.8, 4) is 0 Å². The maximum Gasteiger partial charge on any atom is 0.330 e. The summed E-state index contributed by atoms with van der Waals surface area (Å²) in [5, 5.41) is 0.250. The Morgan fingerprint density at radius 3 is 2.50 bits per heavy atom. The number of rotatable bonds is 10. The molecule has 0 spiro atoms. The van der Waals surface area contributed by atoms with Gasteiger partial charge in [0.05, 0.1) is 25.7 Å². The zero-order valence-corrected chi connectivity index (χ0v) is 17.4. The fourth-order valence-electron chi connectivity index (χ4n) is 2.64. The smallest absolute Gasteiger partial charge is 0.330 e. The minimum atomic E-state index is -3.03. The molecule has 2 N–H and O–H groups in total. The van der Waals surface area contributed by atoms with E-state index in [4.69, 9.17) is 26.4 Å². The first-order chi connectivity index (χ1) is 12.2. The lowest BCUT2D eigenvalue weighted by Crippen LogP contribution is -2.17. The number of nitrogen functional groups attached to an aromatic ring is 1. The normalized spacial score (nSPS) is 12.8. The first-order valence-electron chi connectivity index (χ1n) is 8.71. The van der Waals surface area contributed by atoms with Crippen LogP contribution >= 0.6 is 19.2 Å². The Hall–Kier alpha value is -1.21. The summed E-state index contributed by atoms with van der Waals surface area (Å²) in [6.45, 7) is 9.33. The van der Waals surface area contributed by atoms with Crippen LogP contribution in [0.25, 0.3) is 11.2 Å². The number of hydrogen-bond donors (Lipinski definition) is 1. The fraction of sp³-hybridized carbons (Fsp3) is 0.688. The van der Waals surface area contributed by atoms with Gasteiger partial charge in [-0.15, -0.1) is 0 Å². The molecule has 0 aliphatic heterocycles. The van der Waals surface area contributed by atoms with E-state index in [1.165, 1.54) is 0 Å². The third-order valence-corrected chi connectivity index (χ3v) is 6.52. The lowest BCUT2D eigenvalue weighted by atomic mass is 9.86. The van der Waals surface area contributed by atoms with E-state index in [1.807, 2.05) is 18.4 Å². The molecule has 0 aliphatic carbocycles. The van der Waals surface area contributed by atoms with Crippen molar-refractivity contribution in [2.75, 3.05) is 25.1 Å². The van der Waals surface area contributed by atoms with Gasteiger partial charge in [-0.1, -0.05) is 25.4 Å². The van der Waals surface area contributed by atoms with Gasteiger partial charge in [-0.3, -0.25) is 4.57 Å². The van der Waals surface area contributed by atoms with Gasteiger partial charge in [0.15, 0.2) is 10.8 Å². The van der Waals surface area contributed by atoms with E-state index in [0.29, 0.717) is 37.1 Å². The van der Waals surface area contributed by atoms with E-state index >= 15 is 0 Å². The van der Waals surface area contributed by atoms with E-state index in [9.17, 15) is 4.57 Å². The molecular formula is C16H27ClN5O3P. The highest BCUT2D eigenvalue weighted by atomic mass is 35.5. The summed E-state index contributed by atoms with van der Waals surface area (Å²) < 4.78 is 25.3. The van der Waals surface area contributed by atoms with Crippen LogP contribution in [-0.4, -0.2) is 38.9 Å². The molecule has 0 unspecified atom stereocenters. The van der Waals surface area contributed by atoms with Crippen molar-refractivity contribution in [2.24, 2.45) is 5.41 Å². The van der Waals surface area contributed by atoms with Gasteiger partial charge >= 0.3 is 7.60 Å². The monoisotopic (exact) mass is 403 g/mol. The molecular weight excluding hydrogens is 377 g/mol. The predicted octanol–water partition coefficient (Wildman–Crippen LogP) is 4.13. The van der Waals surface area contributed by atoms with Crippen LogP contribution in [0.5, 0.6) is 0 Å². The summed E-state index contributed by atoms with van der Waals surface area (Å²) in [5.74, 6) is 0.123. The number of nitrogens with zero attached hydrogens (tertiary/aromatic N) is 4. The van der Waals surface area contributed by atoms with E-state index < -0.39 is 7.60 Å². The summed E-state index contributed by atoms with van der Waals surface area (Å²) in [6.07, 6.45) is 3.63. The average molecular weight is 404 g/mol. The number of hydrogen-bond acceptors (Lipinski definition) is 7. The predicted molar refractivity (Wildman–Crippen MR) is 103 cm³/mol. The van der Waals surface area contributed by atoms with E-state index in [2.05, 4.69) is 28.8 Å². The zero-order chi connectivity index (χ0) is 19.4. The van der Waals surface area contributed by atoms with Crippen molar-refractivity contribution in [2.45, 2.75) is 47.1 Å². The molecule has 0 aromatic carbocycles. The third-order valence-electron chi connectivity index (χ3n) is 4.18. The van der Waals surface area contributed by atoms with Crippen molar-refractivity contribution in [3.63, 3.8) is 0 Å². The summed E-state index contributed by atoms with van der Waals surface area (Å²) in [4.78, 5) is 12.4. The van der Waals surface area contributed by atoms with Crippen LogP contribution in [0, 0.1) is 5.41 Å². The molecule has 0 saturated heterocycles. The highest BCUT2D eigenvalue weighted by molar-refractivity contribution is 7.53. The Bertz CT molecular complexity index is 786. The molecule has 0 atom stereocenters. The summed E-state index contributed by atoms with van der Waals surface area (Å²) >= 11 is 6.06. The SMILES string of the molecule is CCOP(=O)(CCC(C)(C)CCn1cnc2c(Cl)nc(N)nc21)OCC. The van der Waals surface area contributed by atoms with Crippen LogP contribution in [-0.2, 0) is 20.2 Å². The Kier molecular flexibility index (Phi) is 7.02. The molecule has 0 amide bonds. The molecule has 0 radical (unpaired) electrons. The third kappa shape index (κ3) is 5.39. The van der Waals surface area contributed by atoms with Crippen LogP contribution in [0.3, 0.4) is 0 Å². The van der Waals surface area contributed by atoms with Crippen molar-refractivity contribution < 1.29 is 13.6 Å². The molecule has 26 heavy (non-hydrogen) atoms. The van der Waals surface area contributed by atoms with Gasteiger partial charge < -0.3 is 19.3 Å². The molecule has 146 valence electrons. The van der Waals surface area contributed by atoms with E-state index in [0.717, 1.165) is 12.8 Å². The van der Waals surface area contributed by atoms with Crippen molar-refractivity contribution in [3.05, 3.63) is 11.5 Å². The number of aromatic nitrogens is 4. The van der Waals surface area contributed by atoms with E-state index in [-0.39, 0.29) is 16.5 Å². The first-order valence-corrected chi connectivity index (χ1v) is 10.8. The van der Waals surface area contributed by atoms with Crippen LogP contribution < -0.4 is 5.73 Å². The molecule has 0 aliphatic rings. The van der Waals surface area contributed by atoms with Gasteiger partial charge in [0.2, 0.25) is 5.95 Å². The van der Waals surface area contributed by atoms with Crippen molar-refractivity contribution in [1.82, 2.24) is 19.5 Å². The minimum Gasteiger partial charge on any atom is -0.368 e. The molecule has 2 rings (SSSR count). The highest BCUT2D eigenvalue weighted by Crippen LogP contribution is 2.50. The molecule has 2 heterocycles. The van der Waals surface area contributed by atoms with Crippen LogP contribution in [0.2, 0.25) is 5.15 Å². The second-order valence-corrected chi connectivity index (χ2v) is 9.36. The molecule has 0 fully saturated rings. The Balaban J connectivity index is 2.03. The summed E-state index contributed by atoms with van der Waals surface area (Å²) in [5.41, 5.74) is 6.77. The second-order valence-electron chi connectivity index (χ2n) is 6.82. The standard InChI is InChI=1S/C16H27ClN5O3P/c1-5-24-26(23,25-6-2)10-8-16(3,4)7-9-22-11-19-12-13(17)20-15(18)21-14(12)22/h11H,5-10H2,1-4H3,(H2,18,20,21).